The van der Waals surface area contributed by atoms with E-state index in [2.05, 4.69) is 41.9 Å². The van der Waals surface area contributed by atoms with Gasteiger partial charge in [-0.15, -0.1) is 0 Å². The molecule has 2 fully saturated rings. The fraction of sp³-hybridized carbons (Fsp3) is 0.696. The minimum absolute atomic E-state index is 0.284. The van der Waals surface area contributed by atoms with Gasteiger partial charge in [-0.2, -0.15) is 9.49 Å². The predicted molar refractivity (Wildman–Crippen MR) is 129 cm³/mol. The fourth-order valence-electron chi connectivity index (χ4n) is 4.98. The van der Waals surface area contributed by atoms with Crippen molar-refractivity contribution in [1.29, 1.82) is 0 Å². The third kappa shape index (κ3) is 5.54. The molecule has 1 aliphatic heterocycles. The van der Waals surface area contributed by atoms with Crippen molar-refractivity contribution >= 4 is 23.6 Å². The lowest BCUT2D eigenvalue weighted by Crippen LogP contribution is -2.38. The maximum atomic E-state index is 15.7. The number of halogens is 1. The number of aryl methyl sites for hydroxylation is 2. The Morgan fingerprint density at radius 1 is 1.16 bits per heavy atom. The van der Waals surface area contributed by atoms with Gasteiger partial charge in [0.1, 0.15) is 6.33 Å². The Labute approximate surface area is 195 Å². The third-order valence-corrected chi connectivity index (χ3v) is 7.76. The number of nitrogens with one attached hydrogen (secondary N) is 1. The standard InChI is InChI=1S/C23H36FN7S/c1-17-13-20(29(2)28-17)15-31(19-7-5-4-6-8-19)23-21(24)22(26-16-27-23)25-14-18-9-11-30(32-3)12-10-18/h13,16,18-19H,4-12,14-15H2,1-3H3,(H,25,26,27). The number of aromatic nitrogens is 4. The smallest absolute Gasteiger partial charge is 0.207 e. The van der Waals surface area contributed by atoms with Crippen LogP contribution in [0.1, 0.15) is 56.3 Å². The molecule has 0 unspecified atom stereocenters. The fourth-order valence-corrected chi connectivity index (χ4v) is 5.55. The summed E-state index contributed by atoms with van der Waals surface area (Å²) in [5.74, 6) is 0.941. The molecule has 0 amide bonds. The van der Waals surface area contributed by atoms with Gasteiger partial charge in [0.15, 0.2) is 11.6 Å². The molecule has 1 aliphatic carbocycles. The summed E-state index contributed by atoms with van der Waals surface area (Å²) in [6.45, 7) is 5.52. The van der Waals surface area contributed by atoms with E-state index in [1.807, 2.05) is 30.6 Å². The van der Waals surface area contributed by atoms with E-state index < -0.39 is 0 Å². The molecule has 176 valence electrons. The van der Waals surface area contributed by atoms with Gasteiger partial charge in [-0.05, 0) is 50.8 Å². The van der Waals surface area contributed by atoms with Gasteiger partial charge in [-0.25, -0.2) is 9.97 Å². The number of hydrogen-bond acceptors (Lipinski definition) is 7. The first kappa shape index (κ1) is 23.3. The predicted octanol–water partition coefficient (Wildman–Crippen LogP) is 4.40. The van der Waals surface area contributed by atoms with Crippen molar-refractivity contribution in [2.75, 3.05) is 36.1 Å². The minimum Gasteiger partial charge on any atom is -0.367 e. The largest absolute Gasteiger partial charge is 0.367 e. The molecule has 2 aliphatic rings. The maximum absolute atomic E-state index is 15.7. The van der Waals surface area contributed by atoms with E-state index in [4.69, 9.17) is 0 Å². The van der Waals surface area contributed by atoms with Gasteiger partial charge in [0.2, 0.25) is 5.82 Å². The van der Waals surface area contributed by atoms with E-state index in [1.165, 1.54) is 25.6 Å². The summed E-state index contributed by atoms with van der Waals surface area (Å²) >= 11 is 1.81. The lowest BCUT2D eigenvalue weighted by atomic mass is 9.94. The van der Waals surface area contributed by atoms with Crippen molar-refractivity contribution in [1.82, 2.24) is 24.1 Å². The number of hydrogen-bond donors (Lipinski definition) is 1. The Morgan fingerprint density at radius 2 is 1.91 bits per heavy atom. The summed E-state index contributed by atoms with van der Waals surface area (Å²) in [5, 5.41) is 7.78. The Bertz CT molecular complexity index is 875. The summed E-state index contributed by atoms with van der Waals surface area (Å²) in [6.07, 6.45) is 11.6. The van der Waals surface area contributed by atoms with Crippen LogP contribution in [-0.2, 0) is 13.6 Å². The summed E-state index contributed by atoms with van der Waals surface area (Å²) in [6, 6.07) is 2.36. The van der Waals surface area contributed by atoms with E-state index in [-0.39, 0.29) is 11.9 Å². The number of rotatable bonds is 8. The molecule has 2 aromatic rings. The first-order valence-electron chi connectivity index (χ1n) is 11.8. The number of anilines is 2. The second-order valence-corrected chi connectivity index (χ2v) is 10.00. The van der Waals surface area contributed by atoms with Gasteiger partial charge in [0.05, 0.1) is 17.9 Å². The van der Waals surface area contributed by atoms with Crippen LogP contribution in [0.25, 0.3) is 0 Å². The van der Waals surface area contributed by atoms with Crippen LogP contribution >= 0.6 is 11.9 Å². The molecule has 0 radical (unpaired) electrons. The molecule has 2 aromatic heterocycles. The second kappa shape index (κ2) is 10.8. The normalized spacial score (nSPS) is 18.8. The van der Waals surface area contributed by atoms with Crippen LogP contribution in [0.5, 0.6) is 0 Å². The average molecular weight is 462 g/mol. The zero-order valence-electron chi connectivity index (χ0n) is 19.6. The summed E-state index contributed by atoms with van der Waals surface area (Å²) < 4.78 is 20.0. The SMILES string of the molecule is CSN1CCC(CNc2ncnc(N(Cc3cc(C)nn3C)C3CCCCC3)c2F)CC1. The molecule has 1 saturated carbocycles. The molecule has 1 N–H and O–H groups in total. The van der Waals surface area contributed by atoms with Crippen molar-refractivity contribution in [2.45, 2.75) is 64.5 Å². The molecule has 9 heteroatoms. The Morgan fingerprint density at radius 3 is 2.56 bits per heavy atom. The van der Waals surface area contributed by atoms with Crippen LogP contribution < -0.4 is 10.2 Å². The molecule has 0 spiro atoms. The lowest BCUT2D eigenvalue weighted by molar-refractivity contribution is 0.301. The highest BCUT2D eigenvalue weighted by atomic mass is 32.2. The highest BCUT2D eigenvalue weighted by Crippen LogP contribution is 2.31. The third-order valence-electron chi connectivity index (χ3n) is 6.88. The lowest BCUT2D eigenvalue weighted by Gasteiger charge is -2.35. The van der Waals surface area contributed by atoms with Crippen molar-refractivity contribution < 1.29 is 4.39 Å². The first-order valence-corrected chi connectivity index (χ1v) is 13.0. The van der Waals surface area contributed by atoms with Crippen LogP contribution in [0.4, 0.5) is 16.0 Å². The second-order valence-electron chi connectivity index (χ2n) is 9.12. The monoisotopic (exact) mass is 461 g/mol. The highest BCUT2D eigenvalue weighted by Gasteiger charge is 2.28. The molecule has 7 nitrogen and oxygen atoms in total. The molecule has 3 heterocycles. The van der Waals surface area contributed by atoms with Gasteiger partial charge in [0, 0.05) is 32.7 Å². The summed E-state index contributed by atoms with van der Waals surface area (Å²) in [5.41, 5.74) is 2.05. The van der Waals surface area contributed by atoms with Crippen LogP contribution in [0.15, 0.2) is 12.4 Å². The van der Waals surface area contributed by atoms with E-state index in [0.29, 0.717) is 24.1 Å². The minimum atomic E-state index is -0.335. The molecule has 0 aromatic carbocycles. The Hall–Kier alpha value is -1.87. The molecule has 32 heavy (non-hydrogen) atoms. The topological polar surface area (TPSA) is 62.1 Å². The van der Waals surface area contributed by atoms with Gasteiger partial charge in [0.25, 0.3) is 0 Å². The van der Waals surface area contributed by atoms with Crippen LogP contribution in [0.3, 0.4) is 0 Å². The maximum Gasteiger partial charge on any atom is 0.207 e. The highest BCUT2D eigenvalue weighted by molar-refractivity contribution is 7.96. The van der Waals surface area contributed by atoms with Crippen molar-refractivity contribution in [3.8, 4) is 0 Å². The quantitative estimate of drug-likeness (QED) is 0.585. The first-order chi connectivity index (χ1) is 15.5. The van der Waals surface area contributed by atoms with Crippen molar-refractivity contribution in [3.63, 3.8) is 0 Å². The summed E-state index contributed by atoms with van der Waals surface area (Å²) in [4.78, 5) is 10.8. The van der Waals surface area contributed by atoms with Crippen LogP contribution in [0.2, 0.25) is 0 Å². The number of nitrogens with zero attached hydrogens (tertiary/aromatic N) is 6. The van der Waals surface area contributed by atoms with Crippen LogP contribution in [0, 0.1) is 18.7 Å². The van der Waals surface area contributed by atoms with Gasteiger partial charge in [-0.3, -0.25) is 8.99 Å². The molecule has 1 saturated heterocycles. The average Bonchev–Trinajstić information content (AvgIpc) is 3.14. The van der Waals surface area contributed by atoms with Crippen molar-refractivity contribution in [3.05, 3.63) is 29.6 Å². The van der Waals surface area contributed by atoms with Crippen molar-refractivity contribution in [2.24, 2.45) is 13.0 Å². The van der Waals surface area contributed by atoms with E-state index in [0.717, 1.165) is 56.7 Å². The Kier molecular flexibility index (Phi) is 7.88. The molecule has 4 rings (SSSR count). The van der Waals surface area contributed by atoms with Crippen LogP contribution in [-0.4, -0.2) is 56.0 Å². The van der Waals surface area contributed by atoms with E-state index in [9.17, 15) is 0 Å². The zero-order valence-corrected chi connectivity index (χ0v) is 20.4. The van der Waals surface area contributed by atoms with E-state index >= 15 is 4.39 Å². The van der Waals surface area contributed by atoms with E-state index in [1.54, 1.807) is 0 Å². The summed E-state index contributed by atoms with van der Waals surface area (Å²) in [7, 11) is 1.95. The number of piperidine rings is 1. The van der Waals surface area contributed by atoms with Gasteiger partial charge < -0.3 is 10.2 Å². The molecular weight excluding hydrogens is 425 g/mol. The van der Waals surface area contributed by atoms with Gasteiger partial charge in [-0.1, -0.05) is 31.2 Å². The Balaban J connectivity index is 1.51. The molecule has 0 bridgehead atoms. The zero-order chi connectivity index (χ0) is 22.5. The molecular formula is C23H36FN7S. The molecule has 0 atom stereocenters. The van der Waals surface area contributed by atoms with Gasteiger partial charge >= 0.3 is 0 Å².